The van der Waals surface area contributed by atoms with Crippen molar-refractivity contribution in [2.75, 3.05) is 24.2 Å². The fraction of sp³-hybridized carbons (Fsp3) is 0.222. The molecule has 136 valence electrons. The molecule has 0 radical (unpaired) electrons. The Morgan fingerprint density at radius 1 is 1.12 bits per heavy atom. The zero-order chi connectivity index (χ0) is 18.7. The molecule has 26 heavy (non-hydrogen) atoms. The second-order valence-corrected chi connectivity index (χ2v) is 5.92. The van der Waals surface area contributed by atoms with Crippen molar-refractivity contribution in [3.05, 3.63) is 59.7 Å². The first-order valence-corrected chi connectivity index (χ1v) is 8.06. The fourth-order valence-corrected chi connectivity index (χ4v) is 2.90. The summed E-state index contributed by atoms with van der Waals surface area (Å²) in [6.07, 6.45) is 0. The Hall–Kier alpha value is -3.16. The normalized spacial score (nSPS) is 19.0. The molecule has 3 amide bonds. The van der Waals surface area contributed by atoms with Gasteiger partial charge in [0, 0.05) is 30.9 Å². The van der Waals surface area contributed by atoms with Gasteiger partial charge in [0.25, 0.3) is 0 Å². The zero-order valence-electron chi connectivity index (χ0n) is 14.0. The maximum Gasteiger partial charge on any atom is 0.319 e. The molecular weight excluding hydrogens is 342 g/mol. The minimum Gasteiger partial charge on any atom is -0.388 e. The van der Waals surface area contributed by atoms with E-state index in [1.54, 1.807) is 19.2 Å². The standard InChI is InChI=1S/C18H18F2N4O2/c1-21-12-6-7-13(15(20)8-12)14-9-22-17(25)16(14)24-18(26)23-11-4-2-10(19)3-5-11/h2-8,14,16,21H,9H2,1H3,(H,22,25)(H2,23,24,26)/t14-,16-/m0/s1. The molecule has 0 bridgehead atoms. The van der Waals surface area contributed by atoms with Crippen LogP contribution in [0, 0.1) is 11.6 Å². The molecule has 4 N–H and O–H groups in total. The summed E-state index contributed by atoms with van der Waals surface area (Å²) < 4.78 is 27.3. The lowest BCUT2D eigenvalue weighted by Gasteiger charge is -2.20. The van der Waals surface area contributed by atoms with E-state index in [2.05, 4.69) is 21.3 Å². The number of hydrogen-bond donors (Lipinski definition) is 4. The van der Waals surface area contributed by atoms with Gasteiger partial charge < -0.3 is 21.3 Å². The average molecular weight is 360 g/mol. The number of anilines is 2. The molecule has 1 heterocycles. The van der Waals surface area contributed by atoms with Crippen LogP contribution in [-0.4, -0.2) is 31.6 Å². The molecule has 2 aromatic rings. The summed E-state index contributed by atoms with van der Waals surface area (Å²) in [6, 6.07) is 8.32. The molecule has 8 heteroatoms. The van der Waals surface area contributed by atoms with E-state index >= 15 is 0 Å². The van der Waals surface area contributed by atoms with E-state index in [4.69, 9.17) is 0 Å². The first-order chi connectivity index (χ1) is 12.5. The lowest BCUT2D eigenvalue weighted by Crippen LogP contribution is -2.44. The lowest BCUT2D eigenvalue weighted by atomic mass is 9.93. The van der Waals surface area contributed by atoms with E-state index in [0.717, 1.165) is 0 Å². The summed E-state index contributed by atoms with van der Waals surface area (Å²) >= 11 is 0. The van der Waals surface area contributed by atoms with E-state index in [-0.39, 0.29) is 12.5 Å². The summed E-state index contributed by atoms with van der Waals surface area (Å²) in [4.78, 5) is 24.2. The summed E-state index contributed by atoms with van der Waals surface area (Å²) in [5, 5.41) is 10.6. The molecule has 1 saturated heterocycles. The van der Waals surface area contributed by atoms with Crippen LogP contribution in [0.5, 0.6) is 0 Å². The monoisotopic (exact) mass is 360 g/mol. The van der Waals surface area contributed by atoms with Crippen LogP contribution in [0.4, 0.5) is 25.0 Å². The predicted octanol–water partition coefficient (Wildman–Crippen LogP) is 2.41. The van der Waals surface area contributed by atoms with Crippen molar-refractivity contribution in [2.24, 2.45) is 0 Å². The van der Waals surface area contributed by atoms with E-state index in [9.17, 15) is 18.4 Å². The molecular formula is C18H18F2N4O2. The highest BCUT2D eigenvalue weighted by Crippen LogP contribution is 2.28. The zero-order valence-corrected chi connectivity index (χ0v) is 14.0. The highest BCUT2D eigenvalue weighted by Gasteiger charge is 2.38. The van der Waals surface area contributed by atoms with Crippen LogP contribution in [0.2, 0.25) is 0 Å². The molecule has 1 fully saturated rings. The molecule has 0 unspecified atom stereocenters. The van der Waals surface area contributed by atoms with Gasteiger partial charge in [-0.1, -0.05) is 6.07 Å². The quantitative estimate of drug-likeness (QED) is 0.676. The molecule has 0 spiro atoms. The largest absolute Gasteiger partial charge is 0.388 e. The van der Waals surface area contributed by atoms with E-state index in [1.165, 1.54) is 30.3 Å². The molecule has 0 aliphatic carbocycles. The Kier molecular flexibility index (Phi) is 5.01. The Morgan fingerprint density at radius 3 is 2.46 bits per heavy atom. The fourth-order valence-electron chi connectivity index (χ4n) is 2.90. The van der Waals surface area contributed by atoms with Gasteiger partial charge in [0.2, 0.25) is 5.91 Å². The first kappa shape index (κ1) is 17.7. The van der Waals surface area contributed by atoms with Crippen LogP contribution in [0.25, 0.3) is 0 Å². The molecule has 3 rings (SSSR count). The third-order valence-electron chi connectivity index (χ3n) is 4.26. The number of carbonyl (C=O) groups excluding carboxylic acids is 2. The number of hydrogen-bond acceptors (Lipinski definition) is 3. The van der Waals surface area contributed by atoms with Gasteiger partial charge in [-0.25, -0.2) is 13.6 Å². The summed E-state index contributed by atoms with van der Waals surface area (Å²) in [6.45, 7) is 0.218. The third-order valence-corrected chi connectivity index (χ3v) is 4.26. The van der Waals surface area contributed by atoms with Crippen molar-refractivity contribution in [1.29, 1.82) is 0 Å². The summed E-state index contributed by atoms with van der Waals surface area (Å²) in [7, 11) is 1.68. The van der Waals surface area contributed by atoms with E-state index in [1.807, 2.05) is 0 Å². The van der Waals surface area contributed by atoms with Crippen molar-refractivity contribution in [2.45, 2.75) is 12.0 Å². The predicted molar refractivity (Wildman–Crippen MR) is 94.0 cm³/mol. The van der Waals surface area contributed by atoms with Crippen molar-refractivity contribution in [1.82, 2.24) is 10.6 Å². The van der Waals surface area contributed by atoms with Crippen LogP contribution < -0.4 is 21.3 Å². The summed E-state index contributed by atoms with van der Waals surface area (Å²) in [5.74, 6) is -1.80. The van der Waals surface area contributed by atoms with Crippen LogP contribution in [-0.2, 0) is 4.79 Å². The van der Waals surface area contributed by atoms with Gasteiger partial charge in [-0.15, -0.1) is 0 Å². The maximum absolute atomic E-state index is 14.4. The molecule has 2 aromatic carbocycles. The number of carbonyl (C=O) groups is 2. The summed E-state index contributed by atoms with van der Waals surface area (Å²) in [5.41, 5.74) is 1.33. The number of rotatable bonds is 4. The van der Waals surface area contributed by atoms with Gasteiger partial charge in [0.05, 0.1) is 0 Å². The van der Waals surface area contributed by atoms with Crippen LogP contribution in [0.3, 0.4) is 0 Å². The molecule has 1 aliphatic rings. The van der Waals surface area contributed by atoms with E-state index < -0.39 is 29.6 Å². The highest BCUT2D eigenvalue weighted by molar-refractivity contribution is 5.95. The SMILES string of the molecule is CNc1ccc([C@@H]2CNC(=O)[C@H]2NC(=O)Nc2ccc(F)cc2)c(F)c1. The molecule has 0 saturated carbocycles. The van der Waals surface area contributed by atoms with Gasteiger partial charge in [0.15, 0.2) is 0 Å². The van der Waals surface area contributed by atoms with Gasteiger partial charge in [-0.2, -0.15) is 0 Å². The third kappa shape index (κ3) is 3.74. The van der Waals surface area contributed by atoms with Crippen molar-refractivity contribution in [3.8, 4) is 0 Å². The Morgan fingerprint density at radius 2 is 1.81 bits per heavy atom. The number of urea groups is 1. The minimum atomic E-state index is -0.912. The Labute approximate surface area is 149 Å². The molecule has 2 atom stereocenters. The van der Waals surface area contributed by atoms with Crippen molar-refractivity contribution in [3.63, 3.8) is 0 Å². The van der Waals surface area contributed by atoms with Crippen LogP contribution >= 0.6 is 0 Å². The van der Waals surface area contributed by atoms with Crippen LogP contribution in [0.15, 0.2) is 42.5 Å². The van der Waals surface area contributed by atoms with Gasteiger partial charge >= 0.3 is 6.03 Å². The number of amides is 3. The van der Waals surface area contributed by atoms with Gasteiger partial charge in [-0.05, 0) is 42.0 Å². The van der Waals surface area contributed by atoms with E-state index in [0.29, 0.717) is 16.9 Å². The molecule has 6 nitrogen and oxygen atoms in total. The average Bonchev–Trinajstić information content (AvgIpc) is 2.97. The molecule has 1 aliphatic heterocycles. The van der Waals surface area contributed by atoms with Crippen molar-refractivity contribution >= 4 is 23.3 Å². The van der Waals surface area contributed by atoms with Crippen molar-refractivity contribution < 1.29 is 18.4 Å². The van der Waals surface area contributed by atoms with Crippen LogP contribution in [0.1, 0.15) is 11.5 Å². The first-order valence-electron chi connectivity index (χ1n) is 8.06. The smallest absolute Gasteiger partial charge is 0.319 e. The second-order valence-electron chi connectivity index (χ2n) is 5.92. The number of halogens is 2. The second kappa shape index (κ2) is 7.38. The number of nitrogens with one attached hydrogen (secondary N) is 4. The Bertz CT molecular complexity index is 826. The minimum absolute atomic E-state index is 0.218. The highest BCUT2D eigenvalue weighted by atomic mass is 19.1. The maximum atomic E-state index is 14.4. The van der Waals surface area contributed by atoms with Gasteiger partial charge in [0.1, 0.15) is 17.7 Å². The lowest BCUT2D eigenvalue weighted by molar-refractivity contribution is -0.120. The van der Waals surface area contributed by atoms with Gasteiger partial charge in [-0.3, -0.25) is 4.79 Å². The molecule has 0 aromatic heterocycles. The number of benzene rings is 2. The topological polar surface area (TPSA) is 82.3 Å². The Balaban J connectivity index is 1.73.